The molecule has 2 aromatic carbocycles. The van der Waals surface area contributed by atoms with Crippen LogP contribution in [-0.2, 0) is 4.79 Å². The van der Waals surface area contributed by atoms with Crippen molar-refractivity contribution in [3.05, 3.63) is 88.1 Å². The Bertz CT molecular complexity index is 1320. The second-order valence-corrected chi connectivity index (χ2v) is 8.40. The van der Waals surface area contributed by atoms with Crippen molar-refractivity contribution < 1.29 is 9.21 Å². The van der Waals surface area contributed by atoms with Gasteiger partial charge in [-0.3, -0.25) is 10.2 Å². The van der Waals surface area contributed by atoms with Crippen LogP contribution in [0.3, 0.4) is 0 Å². The molecule has 3 aromatic rings. The molecule has 0 aliphatic carbocycles. The number of carbonyl (C=O) groups excluding carboxylic acids is 1. The number of halogens is 1. The van der Waals surface area contributed by atoms with Gasteiger partial charge >= 0.3 is 0 Å². The molecule has 0 unspecified atom stereocenters. The van der Waals surface area contributed by atoms with E-state index in [0.717, 1.165) is 16.7 Å². The van der Waals surface area contributed by atoms with Crippen molar-refractivity contribution in [3.63, 3.8) is 0 Å². The Morgan fingerprint density at radius 1 is 1.10 bits per heavy atom. The Hall–Kier alpha value is -3.42. The number of hydrogen-bond acceptors (Lipinski definition) is 5. The van der Waals surface area contributed by atoms with Gasteiger partial charge in [0.25, 0.3) is 5.91 Å². The lowest BCUT2D eigenvalue weighted by atomic mass is 10.1. The van der Waals surface area contributed by atoms with E-state index in [2.05, 4.69) is 10.1 Å². The molecule has 0 atom stereocenters. The summed E-state index contributed by atoms with van der Waals surface area (Å²) in [5.74, 6) is 0.524. The highest BCUT2D eigenvalue weighted by Crippen LogP contribution is 2.32. The SMILES string of the molecule is Cc1ccc(C2=NN3C(=N)/C(=C\c4ccc(-c5cccc(Cl)c5)o4)C(=O)N=C3S2)cc1. The van der Waals surface area contributed by atoms with Gasteiger partial charge < -0.3 is 4.42 Å². The number of amidine groups is 2. The number of benzene rings is 2. The summed E-state index contributed by atoms with van der Waals surface area (Å²) in [6.45, 7) is 2.01. The largest absolute Gasteiger partial charge is 0.457 e. The maximum absolute atomic E-state index is 12.6. The number of hydrazone groups is 1. The van der Waals surface area contributed by atoms with Gasteiger partial charge in [0.15, 0.2) is 5.84 Å². The van der Waals surface area contributed by atoms with E-state index in [1.165, 1.54) is 22.8 Å². The van der Waals surface area contributed by atoms with Crippen LogP contribution in [0.25, 0.3) is 17.4 Å². The van der Waals surface area contributed by atoms with Gasteiger partial charge in [0.1, 0.15) is 16.6 Å². The Balaban J connectivity index is 1.44. The number of amides is 1. The Morgan fingerprint density at radius 2 is 1.90 bits per heavy atom. The zero-order valence-corrected chi connectivity index (χ0v) is 17.9. The monoisotopic (exact) mass is 446 g/mol. The third-order valence-corrected chi connectivity index (χ3v) is 5.97. The molecule has 1 N–H and O–H groups in total. The molecule has 3 heterocycles. The number of fused-ring (bicyclic) bond motifs is 1. The van der Waals surface area contributed by atoms with Gasteiger partial charge in [-0.1, -0.05) is 53.6 Å². The molecule has 1 aromatic heterocycles. The molecule has 1 amide bonds. The van der Waals surface area contributed by atoms with E-state index in [1.807, 2.05) is 43.3 Å². The minimum atomic E-state index is -0.496. The standard InChI is InChI=1S/C23H15ClN4O2S/c1-13-5-7-14(8-6-13)22-27-28-20(25)18(21(29)26-23(28)31-22)12-17-9-10-19(30-17)15-3-2-4-16(24)11-15/h2-12,25H,1H3/b18-12+,25-20?. The van der Waals surface area contributed by atoms with Crippen molar-refractivity contribution in [1.29, 1.82) is 5.41 Å². The van der Waals surface area contributed by atoms with Crippen LogP contribution >= 0.6 is 23.4 Å². The molecule has 31 heavy (non-hydrogen) atoms. The van der Waals surface area contributed by atoms with E-state index in [-0.39, 0.29) is 11.4 Å². The summed E-state index contributed by atoms with van der Waals surface area (Å²) in [5, 5.41) is 16.1. The lowest BCUT2D eigenvalue weighted by Crippen LogP contribution is -2.35. The fraction of sp³-hybridized carbons (Fsp3) is 0.0435. The molecular formula is C23H15ClN4O2S. The van der Waals surface area contributed by atoms with Crippen molar-refractivity contribution >= 4 is 51.4 Å². The third kappa shape index (κ3) is 3.73. The van der Waals surface area contributed by atoms with E-state index < -0.39 is 5.91 Å². The molecule has 0 spiro atoms. The molecule has 2 aliphatic rings. The first-order valence-corrected chi connectivity index (χ1v) is 10.6. The molecule has 5 rings (SSSR count). The van der Waals surface area contributed by atoms with Crippen LogP contribution in [-0.4, -0.2) is 27.0 Å². The van der Waals surface area contributed by atoms with Gasteiger partial charge in [-0.15, -0.1) is 0 Å². The molecule has 0 radical (unpaired) electrons. The lowest BCUT2D eigenvalue weighted by Gasteiger charge is -2.19. The van der Waals surface area contributed by atoms with Gasteiger partial charge in [-0.2, -0.15) is 15.1 Å². The average molecular weight is 447 g/mol. The second kappa shape index (κ2) is 7.68. The molecule has 152 valence electrons. The van der Waals surface area contributed by atoms with Crippen molar-refractivity contribution in [1.82, 2.24) is 5.01 Å². The first-order valence-electron chi connectivity index (χ1n) is 9.41. The Kier molecular flexibility index (Phi) is 4.84. The summed E-state index contributed by atoms with van der Waals surface area (Å²) < 4.78 is 5.85. The maximum Gasteiger partial charge on any atom is 0.283 e. The van der Waals surface area contributed by atoms with Crippen molar-refractivity contribution in [2.75, 3.05) is 0 Å². The van der Waals surface area contributed by atoms with Crippen LogP contribution in [0.5, 0.6) is 0 Å². The Labute approximate surface area is 187 Å². The van der Waals surface area contributed by atoms with Gasteiger partial charge in [-0.25, -0.2) is 0 Å². The smallest absolute Gasteiger partial charge is 0.283 e. The van der Waals surface area contributed by atoms with Gasteiger partial charge in [0, 0.05) is 16.1 Å². The van der Waals surface area contributed by atoms with Crippen LogP contribution in [0.2, 0.25) is 5.02 Å². The van der Waals surface area contributed by atoms with E-state index in [1.54, 1.807) is 24.3 Å². The minimum Gasteiger partial charge on any atom is -0.457 e. The molecule has 8 heteroatoms. The highest BCUT2D eigenvalue weighted by molar-refractivity contribution is 8.27. The molecule has 0 bridgehead atoms. The zero-order valence-electron chi connectivity index (χ0n) is 16.3. The number of hydrogen-bond donors (Lipinski definition) is 1. The fourth-order valence-corrected chi connectivity index (χ4v) is 4.26. The third-order valence-electron chi connectivity index (χ3n) is 4.78. The first kappa shape index (κ1) is 19.5. The molecule has 6 nitrogen and oxygen atoms in total. The quantitative estimate of drug-likeness (QED) is 0.533. The zero-order chi connectivity index (χ0) is 21.5. The number of furan rings is 1. The minimum absolute atomic E-state index is 0.0367. The van der Waals surface area contributed by atoms with Gasteiger partial charge in [0.2, 0.25) is 5.17 Å². The molecule has 0 saturated carbocycles. The summed E-state index contributed by atoms with van der Waals surface area (Å²) in [6.07, 6.45) is 1.52. The summed E-state index contributed by atoms with van der Waals surface area (Å²) in [4.78, 5) is 16.7. The van der Waals surface area contributed by atoms with Gasteiger partial charge in [0.05, 0.1) is 5.57 Å². The lowest BCUT2D eigenvalue weighted by molar-refractivity contribution is -0.114. The van der Waals surface area contributed by atoms with E-state index in [0.29, 0.717) is 26.8 Å². The van der Waals surface area contributed by atoms with Crippen molar-refractivity contribution in [3.8, 4) is 11.3 Å². The molecule has 0 saturated heterocycles. The molecular weight excluding hydrogens is 432 g/mol. The highest BCUT2D eigenvalue weighted by Gasteiger charge is 2.36. The number of nitrogens with one attached hydrogen (secondary N) is 1. The first-order chi connectivity index (χ1) is 15.0. The van der Waals surface area contributed by atoms with E-state index >= 15 is 0 Å². The van der Waals surface area contributed by atoms with Crippen LogP contribution in [0, 0.1) is 12.3 Å². The van der Waals surface area contributed by atoms with Crippen LogP contribution < -0.4 is 0 Å². The fourth-order valence-electron chi connectivity index (χ4n) is 3.17. The number of nitrogens with zero attached hydrogens (tertiary/aromatic N) is 3. The van der Waals surface area contributed by atoms with Crippen molar-refractivity contribution in [2.45, 2.75) is 6.92 Å². The number of aryl methyl sites for hydroxylation is 1. The van der Waals surface area contributed by atoms with E-state index in [9.17, 15) is 4.79 Å². The summed E-state index contributed by atoms with van der Waals surface area (Å²) in [5.41, 5.74) is 3.00. The van der Waals surface area contributed by atoms with Crippen LogP contribution in [0.4, 0.5) is 0 Å². The van der Waals surface area contributed by atoms with Crippen LogP contribution in [0.15, 0.2) is 80.7 Å². The number of rotatable bonds is 3. The molecule has 0 fully saturated rings. The highest BCUT2D eigenvalue weighted by atomic mass is 35.5. The molecule has 2 aliphatic heterocycles. The number of aliphatic imine (C=N–C) groups is 1. The summed E-state index contributed by atoms with van der Waals surface area (Å²) in [6, 6.07) is 18.7. The Morgan fingerprint density at radius 3 is 2.68 bits per heavy atom. The number of thioether (sulfide) groups is 1. The normalized spacial score (nSPS) is 17.1. The van der Waals surface area contributed by atoms with Crippen molar-refractivity contribution in [2.24, 2.45) is 10.1 Å². The summed E-state index contributed by atoms with van der Waals surface area (Å²) >= 11 is 7.32. The van der Waals surface area contributed by atoms with Crippen LogP contribution in [0.1, 0.15) is 16.9 Å². The topological polar surface area (TPSA) is 82.0 Å². The average Bonchev–Trinajstić information content (AvgIpc) is 3.39. The predicted molar refractivity (Wildman–Crippen MR) is 124 cm³/mol. The number of carbonyl (C=O) groups is 1. The van der Waals surface area contributed by atoms with Gasteiger partial charge in [-0.05, 0) is 49.0 Å². The van der Waals surface area contributed by atoms with E-state index in [4.69, 9.17) is 21.4 Å². The maximum atomic E-state index is 12.6. The predicted octanol–water partition coefficient (Wildman–Crippen LogP) is 5.58. The second-order valence-electron chi connectivity index (χ2n) is 7.00. The summed E-state index contributed by atoms with van der Waals surface area (Å²) in [7, 11) is 0.